The van der Waals surface area contributed by atoms with E-state index in [0.717, 1.165) is 16.7 Å². The first-order chi connectivity index (χ1) is 20.2. The number of hydrogen-bond acceptors (Lipinski definition) is 5. The molecule has 0 fully saturated rings. The van der Waals surface area contributed by atoms with E-state index in [9.17, 15) is 9.18 Å². The first-order valence-corrected chi connectivity index (χ1v) is 13.9. The molecule has 0 saturated heterocycles. The SMILES string of the molecule is CC(C)(C)OC(=O)n1nc(N(Cc2ccccc2Cl)c2ccc(F)c(OCc3ccccc3)c2)cc1-c1ccccc1. The average Bonchev–Trinajstić information content (AvgIpc) is 3.42. The van der Waals surface area contributed by atoms with Crippen molar-refractivity contribution in [3.8, 4) is 17.0 Å². The number of anilines is 2. The van der Waals surface area contributed by atoms with Gasteiger partial charge in [0.05, 0.1) is 12.2 Å². The lowest BCUT2D eigenvalue weighted by molar-refractivity contribution is 0.0518. The molecule has 0 radical (unpaired) electrons. The minimum atomic E-state index is -0.726. The van der Waals surface area contributed by atoms with Crippen LogP contribution >= 0.6 is 11.6 Å². The highest BCUT2D eigenvalue weighted by Gasteiger charge is 2.25. The molecule has 0 unspecified atom stereocenters. The molecule has 0 atom stereocenters. The molecule has 42 heavy (non-hydrogen) atoms. The maximum atomic E-state index is 14.9. The molecule has 4 aromatic carbocycles. The Labute approximate surface area is 249 Å². The van der Waals surface area contributed by atoms with Crippen LogP contribution in [-0.4, -0.2) is 21.5 Å². The molecule has 0 bridgehead atoms. The number of hydrogen-bond donors (Lipinski definition) is 0. The van der Waals surface area contributed by atoms with Crippen LogP contribution in [0.15, 0.2) is 109 Å². The molecule has 0 aliphatic rings. The molecule has 8 heteroatoms. The fraction of sp³-hybridized carbons (Fsp3) is 0.176. The summed E-state index contributed by atoms with van der Waals surface area (Å²) in [6.07, 6.45) is -0.615. The summed E-state index contributed by atoms with van der Waals surface area (Å²) in [5, 5.41) is 5.28. The largest absolute Gasteiger partial charge is 0.486 e. The second-order valence-corrected chi connectivity index (χ2v) is 11.1. The molecule has 0 amide bonds. The van der Waals surface area contributed by atoms with Crippen LogP contribution in [0.3, 0.4) is 0 Å². The van der Waals surface area contributed by atoms with Gasteiger partial charge in [0.2, 0.25) is 0 Å². The van der Waals surface area contributed by atoms with Crippen LogP contribution in [0.2, 0.25) is 5.02 Å². The van der Waals surface area contributed by atoms with Crippen molar-refractivity contribution >= 4 is 29.2 Å². The topological polar surface area (TPSA) is 56.6 Å². The monoisotopic (exact) mass is 583 g/mol. The summed E-state index contributed by atoms with van der Waals surface area (Å²) < 4.78 is 27.8. The molecular weight excluding hydrogens is 553 g/mol. The summed E-state index contributed by atoms with van der Waals surface area (Å²) in [4.78, 5) is 15.2. The summed E-state index contributed by atoms with van der Waals surface area (Å²) in [6, 6.07) is 32.9. The van der Waals surface area contributed by atoms with Gasteiger partial charge in [-0.15, -0.1) is 5.10 Å². The van der Waals surface area contributed by atoms with Crippen LogP contribution < -0.4 is 9.64 Å². The van der Waals surface area contributed by atoms with Crippen LogP contribution in [0.4, 0.5) is 20.7 Å². The molecule has 0 spiro atoms. The fourth-order valence-corrected chi connectivity index (χ4v) is 4.56. The Bertz CT molecular complexity index is 1670. The van der Waals surface area contributed by atoms with E-state index in [1.807, 2.05) is 95.9 Å². The van der Waals surface area contributed by atoms with Crippen molar-refractivity contribution in [2.45, 2.75) is 39.5 Å². The summed E-state index contributed by atoms with van der Waals surface area (Å²) in [7, 11) is 0. The quantitative estimate of drug-likeness (QED) is 0.182. The average molecular weight is 584 g/mol. The lowest BCUT2D eigenvalue weighted by Crippen LogP contribution is -2.28. The van der Waals surface area contributed by atoms with E-state index in [2.05, 4.69) is 0 Å². The fourth-order valence-electron chi connectivity index (χ4n) is 4.37. The van der Waals surface area contributed by atoms with Gasteiger partial charge in [-0.1, -0.05) is 90.5 Å². The maximum absolute atomic E-state index is 14.9. The highest BCUT2D eigenvalue weighted by molar-refractivity contribution is 6.31. The Kier molecular flexibility index (Phi) is 8.59. The smallest absolute Gasteiger partial charge is 0.435 e. The number of carbonyl (C=O) groups is 1. The first-order valence-electron chi connectivity index (χ1n) is 13.5. The van der Waals surface area contributed by atoms with Crippen molar-refractivity contribution in [1.82, 2.24) is 9.78 Å². The zero-order chi connectivity index (χ0) is 29.7. The maximum Gasteiger partial charge on any atom is 0.435 e. The number of aromatic nitrogens is 2. The second-order valence-electron chi connectivity index (χ2n) is 10.7. The van der Waals surface area contributed by atoms with Crippen molar-refractivity contribution < 1.29 is 18.7 Å². The Morgan fingerprint density at radius 3 is 2.26 bits per heavy atom. The summed E-state index contributed by atoms with van der Waals surface area (Å²) in [5.74, 6) is 0.0484. The Morgan fingerprint density at radius 2 is 1.57 bits per heavy atom. The van der Waals surface area contributed by atoms with E-state index >= 15 is 0 Å². The van der Waals surface area contributed by atoms with Crippen molar-refractivity contribution in [3.05, 3.63) is 131 Å². The lowest BCUT2D eigenvalue weighted by atomic mass is 10.1. The molecule has 1 aromatic heterocycles. The van der Waals surface area contributed by atoms with E-state index in [1.54, 1.807) is 32.9 Å². The first kappa shape index (κ1) is 28.9. The third-order valence-electron chi connectivity index (χ3n) is 6.36. The van der Waals surface area contributed by atoms with Gasteiger partial charge >= 0.3 is 6.09 Å². The molecule has 214 valence electrons. The number of ether oxygens (including phenoxy) is 2. The predicted molar refractivity (Wildman–Crippen MR) is 164 cm³/mol. The zero-order valence-corrected chi connectivity index (χ0v) is 24.4. The molecule has 5 aromatic rings. The normalized spacial score (nSPS) is 11.3. The van der Waals surface area contributed by atoms with Gasteiger partial charge in [0, 0.05) is 28.4 Å². The van der Waals surface area contributed by atoms with Gasteiger partial charge in [-0.3, -0.25) is 0 Å². The number of benzene rings is 4. The third kappa shape index (κ3) is 6.98. The second kappa shape index (κ2) is 12.5. The van der Waals surface area contributed by atoms with Crippen LogP contribution in [0.1, 0.15) is 31.9 Å². The highest BCUT2D eigenvalue weighted by Crippen LogP contribution is 2.35. The van der Waals surface area contributed by atoms with Gasteiger partial charge in [0.1, 0.15) is 12.2 Å². The van der Waals surface area contributed by atoms with Gasteiger partial charge in [-0.05, 0) is 50.1 Å². The van der Waals surface area contributed by atoms with E-state index in [-0.39, 0.29) is 12.4 Å². The van der Waals surface area contributed by atoms with Gasteiger partial charge in [-0.25, -0.2) is 9.18 Å². The Balaban J connectivity index is 1.59. The van der Waals surface area contributed by atoms with Crippen LogP contribution in [-0.2, 0) is 17.9 Å². The molecule has 0 N–H and O–H groups in total. The van der Waals surface area contributed by atoms with E-state index in [0.29, 0.717) is 28.8 Å². The zero-order valence-electron chi connectivity index (χ0n) is 23.6. The lowest BCUT2D eigenvalue weighted by Gasteiger charge is -2.24. The van der Waals surface area contributed by atoms with Crippen molar-refractivity contribution in [2.75, 3.05) is 4.90 Å². The molecule has 0 aliphatic carbocycles. The van der Waals surface area contributed by atoms with Gasteiger partial charge < -0.3 is 14.4 Å². The minimum Gasteiger partial charge on any atom is -0.486 e. The minimum absolute atomic E-state index is 0.0929. The number of rotatable bonds is 8. The van der Waals surface area contributed by atoms with Crippen LogP contribution in [0, 0.1) is 5.82 Å². The molecular formula is C34H31ClFN3O3. The van der Waals surface area contributed by atoms with Gasteiger partial charge in [0.25, 0.3) is 0 Å². The third-order valence-corrected chi connectivity index (χ3v) is 6.73. The molecule has 5 rings (SSSR count). The molecule has 1 heterocycles. The van der Waals surface area contributed by atoms with Crippen LogP contribution in [0.25, 0.3) is 11.3 Å². The van der Waals surface area contributed by atoms with E-state index in [1.165, 1.54) is 10.7 Å². The van der Waals surface area contributed by atoms with Crippen molar-refractivity contribution in [1.29, 1.82) is 0 Å². The Morgan fingerprint density at radius 1 is 0.905 bits per heavy atom. The molecule has 0 saturated carbocycles. The number of carbonyl (C=O) groups excluding carboxylic acids is 1. The van der Waals surface area contributed by atoms with Crippen molar-refractivity contribution in [2.24, 2.45) is 0 Å². The van der Waals surface area contributed by atoms with E-state index < -0.39 is 17.5 Å². The predicted octanol–water partition coefficient (Wildman–Crippen LogP) is 9.04. The van der Waals surface area contributed by atoms with Gasteiger partial charge in [0.15, 0.2) is 17.4 Å². The van der Waals surface area contributed by atoms with E-state index in [4.69, 9.17) is 26.2 Å². The van der Waals surface area contributed by atoms with Crippen LogP contribution in [0.5, 0.6) is 5.75 Å². The highest BCUT2D eigenvalue weighted by atomic mass is 35.5. The Hall–Kier alpha value is -4.62. The van der Waals surface area contributed by atoms with Gasteiger partial charge in [-0.2, -0.15) is 4.68 Å². The molecule has 0 aliphatic heterocycles. The summed E-state index contributed by atoms with van der Waals surface area (Å²) in [6.45, 7) is 5.91. The number of halogens is 2. The number of nitrogens with zero attached hydrogens (tertiary/aromatic N) is 3. The standard InChI is InChI=1S/C34H31ClFN3O3/c1-34(2,3)42-33(40)39-30(25-14-8-5-9-15-25)21-32(37-39)38(22-26-16-10-11-17-28(26)35)27-18-19-29(36)31(20-27)41-23-24-12-6-4-7-13-24/h4-21H,22-23H2,1-3H3. The summed E-state index contributed by atoms with van der Waals surface area (Å²) >= 11 is 6.56. The summed E-state index contributed by atoms with van der Waals surface area (Å²) in [5.41, 5.74) is 2.95. The molecule has 6 nitrogen and oxygen atoms in total. The van der Waals surface area contributed by atoms with Crippen molar-refractivity contribution in [3.63, 3.8) is 0 Å².